The number of hydrogen-bond donors (Lipinski definition) is 2. The van der Waals surface area contributed by atoms with Crippen LogP contribution < -0.4 is 10.6 Å². The SMILES string of the molecule is O=C(NCc1ccco1)C(C1CCCC1)N1CCN(C(=O)Nc2cccc(Cl)c2)CC1. The first kappa shape index (κ1) is 21.7. The number of carbonyl (C=O) groups is 2. The van der Waals surface area contributed by atoms with Gasteiger partial charge >= 0.3 is 6.03 Å². The van der Waals surface area contributed by atoms with E-state index in [9.17, 15) is 9.59 Å². The van der Waals surface area contributed by atoms with Crippen LogP contribution in [0.5, 0.6) is 0 Å². The molecule has 2 fully saturated rings. The summed E-state index contributed by atoms with van der Waals surface area (Å²) in [5.74, 6) is 1.17. The van der Waals surface area contributed by atoms with Gasteiger partial charge in [0.05, 0.1) is 18.8 Å². The Kier molecular flexibility index (Phi) is 7.14. The molecule has 0 radical (unpaired) electrons. The molecule has 1 aromatic carbocycles. The highest BCUT2D eigenvalue weighted by molar-refractivity contribution is 6.30. The average Bonchev–Trinajstić information content (AvgIpc) is 3.47. The van der Waals surface area contributed by atoms with Crippen molar-refractivity contribution in [1.29, 1.82) is 0 Å². The van der Waals surface area contributed by atoms with E-state index in [-0.39, 0.29) is 18.0 Å². The van der Waals surface area contributed by atoms with Gasteiger partial charge in [0.25, 0.3) is 0 Å². The summed E-state index contributed by atoms with van der Waals surface area (Å²) in [7, 11) is 0. The van der Waals surface area contributed by atoms with E-state index in [1.54, 1.807) is 23.3 Å². The van der Waals surface area contributed by atoms with Crippen LogP contribution >= 0.6 is 11.6 Å². The zero-order valence-electron chi connectivity index (χ0n) is 17.6. The Morgan fingerprint density at radius 1 is 1.10 bits per heavy atom. The van der Waals surface area contributed by atoms with Gasteiger partial charge in [0, 0.05) is 36.9 Å². The van der Waals surface area contributed by atoms with Crippen molar-refractivity contribution in [2.45, 2.75) is 38.3 Å². The quantitative estimate of drug-likeness (QED) is 0.707. The lowest BCUT2D eigenvalue weighted by molar-refractivity contribution is -0.129. The molecule has 1 atom stereocenters. The van der Waals surface area contributed by atoms with Crippen molar-refractivity contribution in [2.75, 3.05) is 31.5 Å². The zero-order chi connectivity index (χ0) is 21.6. The van der Waals surface area contributed by atoms with Gasteiger partial charge in [-0.15, -0.1) is 0 Å². The Balaban J connectivity index is 1.34. The number of halogens is 1. The second-order valence-electron chi connectivity index (χ2n) is 8.25. The van der Waals surface area contributed by atoms with Crippen LogP contribution in [0.4, 0.5) is 10.5 Å². The van der Waals surface area contributed by atoms with Crippen molar-refractivity contribution in [3.63, 3.8) is 0 Å². The standard InChI is InChI=1S/C23H29ClN4O3/c24-18-7-3-8-19(15-18)26-23(30)28-12-10-27(11-13-28)21(17-5-1-2-6-17)22(29)25-16-20-9-4-14-31-20/h3-4,7-9,14-15,17,21H,1-2,5-6,10-13,16H2,(H,25,29)(H,26,30). The van der Waals surface area contributed by atoms with E-state index in [0.29, 0.717) is 49.4 Å². The molecule has 7 nitrogen and oxygen atoms in total. The number of anilines is 1. The maximum atomic E-state index is 13.1. The molecule has 166 valence electrons. The average molecular weight is 445 g/mol. The Morgan fingerprint density at radius 3 is 2.55 bits per heavy atom. The molecule has 1 unspecified atom stereocenters. The van der Waals surface area contributed by atoms with Crippen LogP contribution in [0.3, 0.4) is 0 Å². The molecule has 2 N–H and O–H groups in total. The number of benzene rings is 1. The summed E-state index contributed by atoms with van der Waals surface area (Å²) in [6.45, 7) is 2.93. The first-order valence-corrected chi connectivity index (χ1v) is 11.3. The molecule has 1 saturated heterocycles. The Bertz CT molecular complexity index is 875. The summed E-state index contributed by atoms with van der Waals surface area (Å²) in [4.78, 5) is 29.8. The van der Waals surface area contributed by atoms with Crippen LogP contribution in [0.25, 0.3) is 0 Å². The van der Waals surface area contributed by atoms with E-state index in [1.165, 1.54) is 12.8 Å². The highest BCUT2D eigenvalue weighted by Crippen LogP contribution is 2.31. The van der Waals surface area contributed by atoms with E-state index in [0.717, 1.165) is 18.6 Å². The number of rotatable bonds is 6. The fraction of sp³-hybridized carbons (Fsp3) is 0.478. The molecule has 0 spiro atoms. The third-order valence-electron chi connectivity index (χ3n) is 6.20. The van der Waals surface area contributed by atoms with Gasteiger partial charge in [-0.25, -0.2) is 4.79 Å². The topological polar surface area (TPSA) is 77.8 Å². The second-order valence-corrected chi connectivity index (χ2v) is 8.69. The normalized spacial score (nSPS) is 18.7. The number of piperazine rings is 1. The molecule has 1 saturated carbocycles. The van der Waals surface area contributed by atoms with Crippen molar-refractivity contribution in [1.82, 2.24) is 15.1 Å². The van der Waals surface area contributed by atoms with Crippen LogP contribution in [0.15, 0.2) is 47.1 Å². The first-order chi connectivity index (χ1) is 15.1. The third kappa shape index (κ3) is 5.60. The molecule has 2 aromatic rings. The Hall–Kier alpha value is -2.51. The van der Waals surface area contributed by atoms with Gasteiger partial charge in [-0.05, 0) is 49.1 Å². The number of furan rings is 1. The molecular formula is C23H29ClN4O3. The molecule has 3 amide bonds. The minimum Gasteiger partial charge on any atom is -0.467 e. The van der Waals surface area contributed by atoms with Gasteiger partial charge < -0.3 is 20.0 Å². The Morgan fingerprint density at radius 2 is 1.87 bits per heavy atom. The fourth-order valence-corrected chi connectivity index (χ4v) is 4.81. The van der Waals surface area contributed by atoms with Crippen molar-refractivity contribution < 1.29 is 14.0 Å². The highest BCUT2D eigenvalue weighted by atomic mass is 35.5. The van der Waals surface area contributed by atoms with Crippen LogP contribution in [-0.2, 0) is 11.3 Å². The molecule has 31 heavy (non-hydrogen) atoms. The summed E-state index contributed by atoms with van der Waals surface area (Å²) in [5.41, 5.74) is 0.682. The van der Waals surface area contributed by atoms with E-state index < -0.39 is 0 Å². The van der Waals surface area contributed by atoms with Crippen LogP contribution in [0, 0.1) is 5.92 Å². The predicted octanol–water partition coefficient (Wildman–Crippen LogP) is 3.96. The molecular weight excluding hydrogens is 416 g/mol. The number of urea groups is 1. The van der Waals surface area contributed by atoms with Crippen molar-refractivity contribution >= 4 is 29.2 Å². The van der Waals surface area contributed by atoms with Gasteiger partial charge in [-0.2, -0.15) is 0 Å². The molecule has 4 rings (SSSR count). The third-order valence-corrected chi connectivity index (χ3v) is 6.44. The zero-order valence-corrected chi connectivity index (χ0v) is 18.3. The molecule has 0 bridgehead atoms. The maximum Gasteiger partial charge on any atom is 0.321 e. The first-order valence-electron chi connectivity index (χ1n) is 11.0. The van der Waals surface area contributed by atoms with E-state index in [4.69, 9.17) is 16.0 Å². The van der Waals surface area contributed by atoms with Crippen molar-refractivity contribution in [3.8, 4) is 0 Å². The number of nitrogens with one attached hydrogen (secondary N) is 2. The largest absolute Gasteiger partial charge is 0.467 e. The molecule has 2 heterocycles. The molecule has 2 aliphatic rings. The lowest BCUT2D eigenvalue weighted by Crippen LogP contribution is -2.58. The van der Waals surface area contributed by atoms with Crippen LogP contribution in [0.2, 0.25) is 5.02 Å². The summed E-state index contributed by atoms with van der Waals surface area (Å²) in [5, 5.41) is 6.54. The monoisotopic (exact) mass is 444 g/mol. The van der Waals surface area contributed by atoms with Gasteiger partial charge in [0.2, 0.25) is 5.91 Å². The van der Waals surface area contributed by atoms with Gasteiger partial charge in [0.1, 0.15) is 5.76 Å². The van der Waals surface area contributed by atoms with Crippen LogP contribution in [-0.4, -0.2) is 54.0 Å². The maximum absolute atomic E-state index is 13.1. The molecule has 8 heteroatoms. The van der Waals surface area contributed by atoms with Crippen molar-refractivity contribution in [2.24, 2.45) is 5.92 Å². The van der Waals surface area contributed by atoms with Gasteiger partial charge in [-0.3, -0.25) is 9.69 Å². The van der Waals surface area contributed by atoms with Gasteiger partial charge in [0.15, 0.2) is 0 Å². The number of nitrogens with zero attached hydrogens (tertiary/aromatic N) is 2. The minimum atomic E-state index is -0.157. The summed E-state index contributed by atoms with van der Waals surface area (Å²) < 4.78 is 5.34. The summed E-state index contributed by atoms with van der Waals surface area (Å²) in [6.07, 6.45) is 6.12. The number of hydrogen-bond acceptors (Lipinski definition) is 4. The molecule has 1 aromatic heterocycles. The smallest absolute Gasteiger partial charge is 0.321 e. The predicted molar refractivity (Wildman–Crippen MR) is 120 cm³/mol. The Labute approximate surface area is 187 Å². The highest BCUT2D eigenvalue weighted by Gasteiger charge is 2.37. The number of carbonyl (C=O) groups excluding carboxylic acids is 2. The van der Waals surface area contributed by atoms with E-state index in [1.807, 2.05) is 24.3 Å². The van der Waals surface area contributed by atoms with Crippen molar-refractivity contribution in [3.05, 3.63) is 53.4 Å². The number of amides is 3. The van der Waals surface area contributed by atoms with E-state index in [2.05, 4.69) is 15.5 Å². The lowest BCUT2D eigenvalue weighted by atomic mass is 9.95. The summed E-state index contributed by atoms with van der Waals surface area (Å²) >= 11 is 6.00. The summed E-state index contributed by atoms with van der Waals surface area (Å²) in [6, 6.07) is 10.5. The lowest BCUT2D eigenvalue weighted by Gasteiger charge is -2.40. The minimum absolute atomic E-state index is 0.0557. The van der Waals surface area contributed by atoms with E-state index >= 15 is 0 Å². The van der Waals surface area contributed by atoms with Gasteiger partial charge in [-0.1, -0.05) is 30.5 Å². The molecule has 1 aliphatic carbocycles. The second kappa shape index (κ2) is 10.2. The molecule has 1 aliphatic heterocycles. The van der Waals surface area contributed by atoms with Crippen LogP contribution in [0.1, 0.15) is 31.4 Å². The fourth-order valence-electron chi connectivity index (χ4n) is 4.62.